The number of carbonyl (C=O) groups excluding carboxylic acids is 1. The maximum Gasteiger partial charge on any atom is 0.253 e. The Balaban J connectivity index is 1.65. The molecule has 4 heteroatoms. The van der Waals surface area contributed by atoms with Gasteiger partial charge in [0.15, 0.2) is 0 Å². The number of piperidine rings is 2. The normalized spacial score (nSPS) is 20.2. The lowest BCUT2D eigenvalue weighted by Gasteiger charge is -2.40. The Hall–Kier alpha value is -1.55. The van der Waals surface area contributed by atoms with Gasteiger partial charge in [0, 0.05) is 24.7 Å². The van der Waals surface area contributed by atoms with Crippen molar-refractivity contribution in [2.24, 2.45) is 0 Å². The van der Waals surface area contributed by atoms with E-state index in [9.17, 15) is 4.79 Å². The van der Waals surface area contributed by atoms with E-state index >= 15 is 0 Å². The van der Waals surface area contributed by atoms with Crippen LogP contribution in [0.15, 0.2) is 18.2 Å². The van der Waals surface area contributed by atoms with Crippen molar-refractivity contribution in [3.05, 3.63) is 29.3 Å². The number of likely N-dealkylation sites (tertiary alicyclic amines) is 2. The zero-order chi connectivity index (χ0) is 18.7. The largest absolute Gasteiger partial charge is 0.496 e. The second-order valence-corrected chi connectivity index (χ2v) is 8.79. The first-order valence-corrected chi connectivity index (χ1v) is 10.1. The fraction of sp³-hybridized carbons (Fsp3) is 0.682. The third kappa shape index (κ3) is 4.22. The number of ether oxygens (including phenoxy) is 1. The summed E-state index contributed by atoms with van der Waals surface area (Å²) >= 11 is 0. The smallest absolute Gasteiger partial charge is 0.253 e. The molecule has 0 spiro atoms. The Kier molecular flexibility index (Phi) is 5.91. The Morgan fingerprint density at radius 3 is 2.27 bits per heavy atom. The molecule has 1 aromatic carbocycles. The van der Waals surface area contributed by atoms with Gasteiger partial charge in [0.05, 0.1) is 7.11 Å². The summed E-state index contributed by atoms with van der Waals surface area (Å²) in [5, 5.41) is 0. The zero-order valence-electron chi connectivity index (χ0n) is 16.9. The molecule has 0 N–H and O–H groups in total. The van der Waals surface area contributed by atoms with Crippen LogP contribution >= 0.6 is 0 Å². The summed E-state index contributed by atoms with van der Waals surface area (Å²) < 4.78 is 5.57. The predicted molar refractivity (Wildman–Crippen MR) is 106 cm³/mol. The van der Waals surface area contributed by atoms with E-state index in [1.807, 2.05) is 23.1 Å². The molecule has 2 saturated heterocycles. The highest BCUT2D eigenvalue weighted by Gasteiger charge is 2.28. The van der Waals surface area contributed by atoms with Gasteiger partial charge in [-0.25, -0.2) is 0 Å². The highest BCUT2D eigenvalue weighted by molar-refractivity contribution is 5.94. The van der Waals surface area contributed by atoms with Gasteiger partial charge in [-0.2, -0.15) is 0 Å². The molecule has 26 heavy (non-hydrogen) atoms. The average Bonchev–Trinajstić information content (AvgIpc) is 2.67. The number of nitrogens with zero attached hydrogens (tertiary/aromatic N) is 2. The molecule has 0 aromatic heterocycles. The van der Waals surface area contributed by atoms with Crippen LogP contribution in [-0.2, 0) is 5.41 Å². The molecule has 0 saturated carbocycles. The summed E-state index contributed by atoms with van der Waals surface area (Å²) in [6, 6.07) is 6.59. The molecule has 2 fully saturated rings. The number of benzene rings is 1. The molecule has 0 aliphatic carbocycles. The lowest BCUT2D eigenvalue weighted by atomic mass is 9.85. The SMILES string of the molecule is COc1cc(C(=O)N2CCC(N3CCCCC3)CC2)ccc1C(C)(C)C. The van der Waals surface area contributed by atoms with Crippen LogP contribution in [0.25, 0.3) is 0 Å². The van der Waals surface area contributed by atoms with Crippen molar-refractivity contribution < 1.29 is 9.53 Å². The van der Waals surface area contributed by atoms with Gasteiger partial charge in [-0.15, -0.1) is 0 Å². The number of carbonyl (C=O) groups is 1. The van der Waals surface area contributed by atoms with E-state index in [1.54, 1.807) is 7.11 Å². The molecule has 2 aliphatic rings. The number of hydrogen-bond donors (Lipinski definition) is 0. The molecule has 3 rings (SSSR count). The fourth-order valence-corrected chi connectivity index (χ4v) is 4.34. The molecule has 0 bridgehead atoms. The van der Waals surface area contributed by atoms with Crippen molar-refractivity contribution >= 4 is 5.91 Å². The summed E-state index contributed by atoms with van der Waals surface area (Å²) in [4.78, 5) is 17.6. The summed E-state index contributed by atoms with van der Waals surface area (Å²) in [6.45, 7) is 10.7. The van der Waals surface area contributed by atoms with Gasteiger partial charge in [0.25, 0.3) is 5.91 Å². The van der Waals surface area contributed by atoms with E-state index in [2.05, 4.69) is 25.7 Å². The van der Waals surface area contributed by atoms with Crippen molar-refractivity contribution in [1.82, 2.24) is 9.80 Å². The molecular weight excluding hydrogens is 324 g/mol. The van der Waals surface area contributed by atoms with Crippen LogP contribution in [0.1, 0.15) is 68.8 Å². The lowest BCUT2D eigenvalue weighted by Crippen LogP contribution is -2.48. The molecule has 0 atom stereocenters. The van der Waals surface area contributed by atoms with Gasteiger partial charge in [-0.05, 0) is 61.9 Å². The molecular formula is C22H34N2O2. The van der Waals surface area contributed by atoms with Crippen LogP contribution in [0.2, 0.25) is 0 Å². The fourth-order valence-electron chi connectivity index (χ4n) is 4.34. The molecule has 4 nitrogen and oxygen atoms in total. The molecule has 0 radical (unpaired) electrons. The molecule has 2 aliphatic heterocycles. The van der Waals surface area contributed by atoms with Gasteiger partial charge in [-0.1, -0.05) is 33.3 Å². The Labute approximate surface area is 158 Å². The minimum absolute atomic E-state index is 0.000288. The highest BCUT2D eigenvalue weighted by Crippen LogP contribution is 2.32. The second-order valence-electron chi connectivity index (χ2n) is 8.79. The van der Waals surface area contributed by atoms with E-state index in [4.69, 9.17) is 4.74 Å². The summed E-state index contributed by atoms with van der Waals surface area (Å²) in [5.74, 6) is 0.951. The topological polar surface area (TPSA) is 32.8 Å². The maximum atomic E-state index is 13.0. The summed E-state index contributed by atoms with van der Waals surface area (Å²) in [5.41, 5.74) is 1.88. The van der Waals surface area contributed by atoms with Crippen molar-refractivity contribution in [1.29, 1.82) is 0 Å². The number of methoxy groups -OCH3 is 1. The molecule has 1 aromatic rings. The summed E-state index contributed by atoms with van der Waals surface area (Å²) in [6.07, 6.45) is 6.24. The van der Waals surface area contributed by atoms with Gasteiger partial charge < -0.3 is 14.5 Å². The maximum absolute atomic E-state index is 13.0. The Morgan fingerprint density at radius 2 is 1.69 bits per heavy atom. The van der Waals surface area contributed by atoms with Crippen LogP contribution in [-0.4, -0.2) is 55.0 Å². The Morgan fingerprint density at radius 1 is 1.04 bits per heavy atom. The first-order chi connectivity index (χ1) is 12.4. The number of hydrogen-bond acceptors (Lipinski definition) is 3. The standard InChI is InChI=1S/C22H34N2O2/c1-22(2,3)19-9-8-17(16-20(19)26-4)21(25)24-14-10-18(11-15-24)23-12-6-5-7-13-23/h8-9,16,18H,5-7,10-15H2,1-4H3. The molecule has 144 valence electrons. The first kappa shape index (κ1) is 19.2. The van der Waals surface area contributed by atoms with E-state index in [1.165, 1.54) is 32.4 Å². The van der Waals surface area contributed by atoms with Gasteiger partial charge in [0.1, 0.15) is 5.75 Å². The van der Waals surface area contributed by atoms with E-state index in [0.717, 1.165) is 42.8 Å². The quantitative estimate of drug-likeness (QED) is 0.816. The van der Waals surface area contributed by atoms with Gasteiger partial charge in [0.2, 0.25) is 0 Å². The minimum atomic E-state index is -0.000288. The molecule has 0 unspecified atom stereocenters. The van der Waals surface area contributed by atoms with E-state index in [-0.39, 0.29) is 11.3 Å². The van der Waals surface area contributed by atoms with Gasteiger partial charge >= 0.3 is 0 Å². The van der Waals surface area contributed by atoms with Crippen molar-refractivity contribution in [2.45, 2.75) is 64.3 Å². The van der Waals surface area contributed by atoms with Crippen molar-refractivity contribution in [3.63, 3.8) is 0 Å². The van der Waals surface area contributed by atoms with Crippen molar-refractivity contribution in [3.8, 4) is 5.75 Å². The van der Waals surface area contributed by atoms with Crippen LogP contribution in [0.5, 0.6) is 5.75 Å². The average molecular weight is 359 g/mol. The third-order valence-corrected chi connectivity index (χ3v) is 5.92. The van der Waals surface area contributed by atoms with Crippen LogP contribution in [0, 0.1) is 0 Å². The zero-order valence-corrected chi connectivity index (χ0v) is 16.9. The monoisotopic (exact) mass is 358 g/mol. The van der Waals surface area contributed by atoms with Crippen molar-refractivity contribution in [2.75, 3.05) is 33.3 Å². The van der Waals surface area contributed by atoms with Crippen LogP contribution < -0.4 is 4.74 Å². The minimum Gasteiger partial charge on any atom is -0.496 e. The third-order valence-electron chi connectivity index (χ3n) is 5.92. The summed E-state index contributed by atoms with van der Waals surface area (Å²) in [7, 11) is 1.68. The molecule has 2 heterocycles. The van der Waals surface area contributed by atoms with E-state index in [0.29, 0.717) is 6.04 Å². The van der Waals surface area contributed by atoms with E-state index < -0.39 is 0 Å². The van der Waals surface area contributed by atoms with Gasteiger partial charge in [-0.3, -0.25) is 4.79 Å². The first-order valence-electron chi connectivity index (χ1n) is 10.1. The number of amides is 1. The highest BCUT2D eigenvalue weighted by atomic mass is 16.5. The number of rotatable bonds is 3. The molecule has 1 amide bonds. The lowest BCUT2D eigenvalue weighted by molar-refractivity contribution is 0.0589. The Bertz CT molecular complexity index is 622. The second kappa shape index (κ2) is 7.99. The van der Waals surface area contributed by atoms with Crippen LogP contribution in [0.4, 0.5) is 0 Å². The van der Waals surface area contributed by atoms with Crippen LogP contribution in [0.3, 0.4) is 0 Å². The predicted octanol–water partition coefficient (Wildman–Crippen LogP) is 4.08.